The minimum atomic E-state index is -4.87. The van der Waals surface area contributed by atoms with Gasteiger partial charge in [-0.1, -0.05) is 12.1 Å². The second kappa shape index (κ2) is 8.56. The predicted octanol–water partition coefficient (Wildman–Crippen LogP) is 2.33. The Morgan fingerprint density at radius 1 is 1.26 bits per heavy atom. The lowest BCUT2D eigenvalue weighted by molar-refractivity contribution is -0.167. The molecule has 1 aliphatic rings. The van der Waals surface area contributed by atoms with Gasteiger partial charge in [-0.05, 0) is 17.7 Å². The minimum Gasteiger partial charge on any atom is -0.318 e. The number of alkyl halides is 3. The average molecular weight is 347 g/mol. The monoisotopic (exact) mass is 347 g/mol. The van der Waals surface area contributed by atoms with Crippen molar-refractivity contribution in [3.63, 3.8) is 0 Å². The normalized spacial score (nSPS) is 16.3. The SMILES string of the molecule is O=C(Nc1cccc(CNCCN2CCSCC2)c1)C(F)(F)F. The first-order valence-corrected chi connectivity index (χ1v) is 8.58. The van der Waals surface area contributed by atoms with Crippen molar-refractivity contribution in [2.75, 3.05) is 43.0 Å². The van der Waals surface area contributed by atoms with Crippen LogP contribution >= 0.6 is 11.8 Å². The molecule has 0 aromatic heterocycles. The lowest BCUT2D eigenvalue weighted by atomic mass is 10.2. The Morgan fingerprint density at radius 2 is 2.00 bits per heavy atom. The fraction of sp³-hybridized carbons (Fsp3) is 0.533. The number of carbonyl (C=O) groups excluding carboxylic acids is 1. The highest BCUT2D eigenvalue weighted by molar-refractivity contribution is 7.99. The Morgan fingerprint density at radius 3 is 2.70 bits per heavy atom. The molecule has 1 aromatic rings. The summed E-state index contributed by atoms with van der Waals surface area (Å²) >= 11 is 1.97. The van der Waals surface area contributed by atoms with Gasteiger partial charge in [0, 0.05) is 49.9 Å². The molecule has 2 N–H and O–H groups in total. The largest absolute Gasteiger partial charge is 0.471 e. The fourth-order valence-electron chi connectivity index (χ4n) is 2.26. The number of nitrogens with zero attached hydrogens (tertiary/aromatic N) is 1. The molecule has 0 saturated carbocycles. The standard InChI is InChI=1S/C15H20F3N3OS/c16-15(17,18)14(22)20-13-3-1-2-12(10-13)11-19-4-5-21-6-8-23-9-7-21/h1-3,10,19H,4-9,11H2,(H,20,22). The lowest BCUT2D eigenvalue weighted by Crippen LogP contribution is -2.37. The fourth-order valence-corrected chi connectivity index (χ4v) is 3.23. The molecule has 0 atom stereocenters. The van der Waals surface area contributed by atoms with Crippen molar-refractivity contribution in [3.8, 4) is 0 Å². The van der Waals surface area contributed by atoms with E-state index in [1.807, 2.05) is 23.1 Å². The number of nitrogens with one attached hydrogen (secondary N) is 2. The van der Waals surface area contributed by atoms with Crippen molar-refractivity contribution < 1.29 is 18.0 Å². The first-order valence-electron chi connectivity index (χ1n) is 7.43. The number of carbonyl (C=O) groups is 1. The van der Waals surface area contributed by atoms with Crippen LogP contribution in [0, 0.1) is 0 Å². The Bertz CT molecular complexity index is 519. The van der Waals surface area contributed by atoms with Crippen molar-refractivity contribution >= 4 is 23.4 Å². The van der Waals surface area contributed by atoms with Gasteiger partial charge in [-0.25, -0.2) is 0 Å². The van der Waals surface area contributed by atoms with Crippen molar-refractivity contribution in [3.05, 3.63) is 29.8 Å². The number of rotatable bonds is 6. The second-order valence-electron chi connectivity index (χ2n) is 5.28. The number of thioether (sulfide) groups is 1. The molecule has 8 heteroatoms. The molecule has 0 bridgehead atoms. The summed E-state index contributed by atoms with van der Waals surface area (Å²) in [7, 11) is 0. The summed E-state index contributed by atoms with van der Waals surface area (Å²) in [6, 6.07) is 6.44. The highest BCUT2D eigenvalue weighted by Gasteiger charge is 2.38. The van der Waals surface area contributed by atoms with Crippen LogP contribution in [-0.4, -0.2) is 54.7 Å². The number of benzene rings is 1. The second-order valence-corrected chi connectivity index (χ2v) is 6.51. The summed E-state index contributed by atoms with van der Waals surface area (Å²) in [6.07, 6.45) is -4.87. The molecule has 23 heavy (non-hydrogen) atoms. The van der Waals surface area contributed by atoms with Crippen molar-refractivity contribution in [1.82, 2.24) is 10.2 Å². The van der Waals surface area contributed by atoms with Crippen LogP contribution in [0.2, 0.25) is 0 Å². The number of anilines is 1. The molecule has 128 valence electrons. The van der Waals surface area contributed by atoms with Crippen LogP contribution in [0.3, 0.4) is 0 Å². The maximum atomic E-state index is 12.2. The van der Waals surface area contributed by atoms with E-state index >= 15 is 0 Å². The van der Waals surface area contributed by atoms with E-state index in [-0.39, 0.29) is 5.69 Å². The third-order valence-corrected chi connectivity index (χ3v) is 4.42. The first-order chi connectivity index (χ1) is 10.9. The molecule has 1 heterocycles. The summed E-state index contributed by atoms with van der Waals surface area (Å²) < 4.78 is 36.7. The van der Waals surface area contributed by atoms with Crippen molar-refractivity contribution in [2.45, 2.75) is 12.7 Å². The summed E-state index contributed by atoms with van der Waals surface area (Å²) in [5.41, 5.74) is 0.985. The zero-order valence-electron chi connectivity index (χ0n) is 12.7. The minimum absolute atomic E-state index is 0.152. The van der Waals surface area contributed by atoms with E-state index in [2.05, 4.69) is 10.2 Å². The van der Waals surface area contributed by atoms with E-state index in [4.69, 9.17) is 0 Å². The van der Waals surface area contributed by atoms with Gasteiger partial charge in [0.2, 0.25) is 0 Å². The molecular weight excluding hydrogens is 327 g/mol. The summed E-state index contributed by atoms with van der Waals surface area (Å²) in [5.74, 6) is 0.382. The number of hydrogen-bond acceptors (Lipinski definition) is 4. The molecular formula is C15H20F3N3OS. The topological polar surface area (TPSA) is 44.4 Å². The Kier molecular flexibility index (Phi) is 6.73. The maximum absolute atomic E-state index is 12.2. The third-order valence-electron chi connectivity index (χ3n) is 3.48. The highest BCUT2D eigenvalue weighted by atomic mass is 32.2. The number of halogens is 3. The molecule has 4 nitrogen and oxygen atoms in total. The van der Waals surface area contributed by atoms with Crippen molar-refractivity contribution in [1.29, 1.82) is 0 Å². The van der Waals surface area contributed by atoms with E-state index in [0.717, 1.165) is 31.7 Å². The van der Waals surface area contributed by atoms with Crippen LogP contribution < -0.4 is 10.6 Å². The Hall–Kier alpha value is -1.25. The zero-order chi connectivity index (χ0) is 16.7. The quantitative estimate of drug-likeness (QED) is 0.776. The van der Waals surface area contributed by atoms with Gasteiger partial charge in [0.15, 0.2) is 0 Å². The van der Waals surface area contributed by atoms with Gasteiger partial charge in [-0.2, -0.15) is 24.9 Å². The third kappa shape index (κ3) is 6.40. The summed E-state index contributed by atoms with van der Waals surface area (Å²) in [6.45, 7) is 4.55. The van der Waals surface area contributed by atoms with E-state index < -0.39 is 12.1 Å². The van der Waals surface area contributed by atoms with Gasteiger partial charge >= 0.3 is 12.1 Å². The Labute approximate surface area is 137 Å². The van der Waals surface area contributed by atoms with Crippen LogP contribution in [0.15, 0.2) is 24.3 Å². The molecule has 1 aromatic carbocycles. The van der Waals surface area contributed by atoms with E-state index in [0.29, 0.717) is 6.54 Å². The van der Waals surface area contributed by atoms with E-state index in [1.165, 1.54) is 17.6 Å². The van der Waals surface area contributed by atoms with Crippen LogP contribution in [0.1, 0.15) is 5.56 Å². The van der Waals surface area contributed by atoms with Gasteiger partial charge in [0.1, 0.15) is 0 Å². The lowest BCUT2D eigenvalue weighted by Gasteiger charge is -2.26. The molecule has 2 rings (SSSR count). The maximum Gasteiger partial charge on any atom is 0.471 e. The van der Waals surface area contributed by atoms with Gasteiger partial charge in [-0.3, -0.25) is 4.79 Å². The van der Waals surface area contributed by atoms with Gasteiger partial charge in [-0.15, -0.1) is 0 Å². The first kappa shape index (κ1) is 18.1. The molecule has 0 unspecified atom stereocenters. The van der Waals surface area contributed by atoms with Crippen LogP contribution in [0.5, 0.6) is 0 Å². The highest BCUT2D eigenvalue weighted by Crippen LogP contribution is 2.18. The van der Waals surface area contributed by atoms with Crippen molar-refractivity contribution in [2.24, 2.45) is 0 Å². The molecule has 1 amide bonds. The zero-order valence-corrected chi connectivity index (χ0v) is 13.5. The number of hydrogen-bond donors (Lipinski definition) is 2. The predicted molar refractivity (Wildman–Crippen MR) is 86.6 cm³/mol. The molecule has 0 radical (unpaired) electrons. The summed E-state index contributed by atoms with van der Waals surface area (Å²) in [4.78, 5) is 13.3. The average Bonchev–Trinajstić information content (AvgIpc) is 2.52. The van der Waals surface area contributed by atoms with Gasteiger partial charge in [0.05, 0.1) is 0 Å². The molecule has 0 aliphatic carbocycles. The molecule has 1 saturated heterocycles. The van der Waals surface area contributed by atoms with Gasteiger partial charge in [0.25, 0.3) is 0 Å². The van der Waals surface area contributed by atoms with Crippen LogP contribution in [0.25, 0.3) is 0 Å². The molecule has 1 aliphatic heterocycles. The number of amides is 1. The molecule has 0 spiro atoms. The van der Waals surface area contributed by atoms with Gasteiger partial charge < -0.3 is 15.5 Å². The van der Waals surface area contributed by atoms with E-state index in [9.17, 15) is 18.0 Å². The Balaban J connectivity index is 1.75. The van der Waals surface area contributed by atoms with Crippen LogP contribution in [-0.2, 0) is 11.3 Å². The smallest absolute Gasteiger partial charge is 0.318 e. The molecule has 1 fully saturated rings. The summed E-state index contributed by atoms with van der Waals surface area (Å²) in [5, 5.41) is 5.14. The van der Waals surface area contributed by atoms with E-state index in [1.54, 1.807) is 12.1 Å². The van der Waals surface area contributed by atoms with Crippen LogP contribution in [0.4, 0.5) is 18.9 Å².